The SMILES string of the molecule is O=S(=O)(C1CCCCC1)N1C[C@@H](c2ccccc2)C[C@H]1c1nc(CCCc2ccccc2)no1. The van der Waals surface area contributed by atoms with E-state index in [1.54, 1.807) is 4.31 Å². The second-order valence-electron chi connectivity index (χ2n) is 9.62. The second kappa shape index (κ2) is 10.4. The molecule has 1 aliphatic heterocycles. The summed E-state index contributed by atoms with van der Waals surface area (Å²) in [6, 6.07) is 20.2. The molecule has 3 aromatic rings. The van der Waals surface area contributed by atoms with Gasteiger partial charge in [0.1, 0.15) is 6.04 Å². The van der Waals surface area contributed by atoms with E-state index in [9.17, 15) is 8.42 Å². The molecule has 0 unspecified atom stereocenters. The zero-order valence-electron chi connectivity index (χ0n) is 19.6. The number of nitrogens with zero attached hydrogens (tertiary/aromatic N) is 3. The lowest BCUT2D eigenvalue weighted by atomic mass is 9.96. The van der Waals surface area contributed by atoms with Crippen LogP contribution >= 0.6 is 0 Å². The van der Waals surface area contributed by atoms with Gasteiger partial charge in [-0.05, 0) is 49.1 Å². The largest absolute Gasteiger partial charge is 0.338 e. The molecule has 0 spiro atoms. The molecule has 1 aliphatic carbocycles. The summed E-state index contributed by atoms with van der Waals surface area (Å²) in [4.78, 5) is 4.68. The van der Waals surface area contributed by atoms with Crippen molar-refractivity contribution in [1.29, 1.82) is 0 Å². The molecule has 0 radical (unpaired) electrons. The number of rotatable bonds is 8. The van der Waals surface area contributed by atoms with Crippen molar-refractivity contribution in [3.63, 3.8) is 0 Å². The summed E-state index contributed by atoms with van der Waals surface area (Å²) < 4.78 is 34.8. The Bertz CT molecular complexity index is 1160. The molecule has 0 bridgehead atoms. The fourth-order valence-corrected chi connectivity index (χ4v) is 7.66. The van der Waals surface area contributed by atoms with Crippen molar-refractivity contribution < 1.29 is 12.9 Å². The van der Waals surface area contributed by atoms with Crippen LogP contribution in [0.15, 0.2) is 65.2 Å². The van der Waals surface area contributed by atoms with Gasteiger partial charge in [0.25, 0.3) is 0 Å². The van der Waals surface area contributed by atoms with Crippen LogP contribution in [0.1, 0.15) is 79.7 Å². The highest BCUT2D eigenvalue weighted by atomic mass is 32.2. The van der Waals surface area contributed by atoms with Crippen molar-refractivity contribution >= 4 is 10.0 Å². The van der Waals surface area contributed by atoms with Crippen molar-refractivity contribution in [3.8, 4) is 0 Å². The number of aryl methyl sites for hydroxylation is 2. The summed E-state index contributed by atoms with van der Waals surface area (Å²) in [5.41, 5.74) is 2.45. The first-order chi connectivity index (χ1) is 16.6. The molecule has 34 heavy (non-hydrogen) atoms. The van der Waals surface area contributed by atoms with Gasteiger partial charge in [-0.3, -0.25) is 0 Å². The molecule has 7 heteroatoms. The molecule has 5 rings (SSSR count). The fraction of sp³-hybridized carbons (Fsp3) is 0.481. The third-order valence-electron chi connectivity index (χ3n) is 7.30. The van der Waals surface area contributed by atoms with Gasteiger partial charge in [-0.25, -0.2) is 8.42 Å². The molecule has 1 aromatic heterocycles. The Kier molecular flexibility index (Phi) is 7.11. The van der Waals surface area contributed by atoms with Gasteiger partial charge in [-0.2, -0.15) is 9.29 Å². The average Bonchev–Trinajstić information content (AvgIpc) is 3.54. The summed E-state index contributed by atoms with van der Waals surface area (Å²) >= 11 is 0. The van der Waals surface area contributed by atoms with Gasteiger partial charge in [-0.1, -0.05) is 85.1 Å². The van der Waals surface area contributed by atoms with Crippen LogP contribution in [0, 0.1) is 0 Å². The third kappa shape index (κ3) is 5.10. The lowest BCUT2D eigenvalue weighted by Gasteiger charge is -2.29. The highest BCUT2D eigenvalue weighted by Crippen LogP contribution is 2.43. The van der Waals surface area contributed by atoms with Crippen molar-refractivity contribution in [1.82, 2.24) is 14.4 Å². The van der Waals surface area contributed by atoms with Gasteiger partial charge in [0.05, 0.1) is 5.25 Å². The zero-order valence-corrected chi connectivity index (χ0v) is 20.4. The summed E-state index contributed by atoms with van der Waals surface area (Å²) in [7, 11) is -3.44. The van der Waals surface area contributed by atoms with Gasteiger partial charge >= 0.3 is 0 Å². The quantitative estimate of drug-likeness (QED) is 0.430. The van der Waals surface area contributed by atoms with E-state index in [0.29, 0.717) is 31.1 Å². The normalized spacial score (nSPS) is 22.2. The minimum absolute atomic E-state index is 0.123. The number of sulfonamides is 1. The smallest absolute Gasteiger partial charge is 0.245 e. The average molecular weight is 480 g/mol. The number of aromatic nitrogens is 2. The Morgan fingerprint density at radius 1 is 0.912 bits per heavy atom. The summed E-state index contributed by atoms with van der Waals surface area (Å²) in [5.74, 6) is 1.22. The zero-order chi connectivity index (χ0) is 23.4. The minimum Gasteiger partial charge on any atom is -0.338 e. The van der Waals surface area contributed by atoms with Crippen LogP contribution < -0.4 is 0 Å². The Balaban J connectivity index is 1.34. The molecule has 2 aliphatic rings. The van der Waals surface area contributed by atoms with E-state index >= 15 is 0 Å². The van der Waals surface area contributed by atoms with Crippen molar-refractivity contribution in [2.45, 2.75) is 75.0 Å². The molecule has 180 valence electrons. The second-order valence-corrected chi connectivity index (χ2v) is 11.8. The van der Waals surface area contributed by atoms with Gasteiger partial charge < -0.3 is 4.52 Å². The topological polar surface area (TPSA) is 76.3 Å². The maximum absolute atomic E-state index is 13.7. The maximum atomic E-state index is 13.7. The highest BCUT2D eigenvalue weighted by molar-refractivity contribution is 7.89. The first kappa shape index (κ1) is 23.2. The van der Waals surface area contributed by atoms with Gasteiger partial charge in [0.2, 0.25) is 15.9 Å². The Morgan fingerprint density at radius 3 is 2.35 bits per heavy atom. The van der Waals surface area contributed by atoms with Crippen LogP contribution in [0.2, 0.25) is 0 Å². The van der Waals surface area contributed by atoms with Crippen molar-refractivity contribution in [2.75, 3.05) is 6.54 Å². The summed E-state index contributed by atoms with van der Waals surface area (Å²) in [6.07, 6.45) is 7.83. The lowest BCUT2D eigenvalue weighted by molar-refractivity contribution is 0.285. The van der Waals surface area contributed by atoms with E-state index in [4.69, 9.17) is 4.52 Å². The van der Waals surface area contributed by atoms with Crippen LogP contribution in [-0.2, 0) is 22.9 Å². The van der Waals surface area contributed by atoms with Gasteiger partial charge in [-0.15, -0.1) is 0 Å². The Hall–Kier alpha value is -2.51. The highest BCUT2D eigenvalue weighted by Gasteiger charge is 2.46. The third-order valence-corrected chi connectivity index (χ3v) is 9.68. The van der Waals surface area contributed by atoms with Crippen LogP contribution in [-0.4, -0.2) is 34.7 Å². The fourth-order valence-electron chi connectivity index (χ4n) is 5.43. The first-order valence-corrected chi connectivity index (χ1v) is 14.0. The van der Waals surface area contributed by atoms with E-state index in [-0.39, 0.29) is 11.2 Å². The van der Waals surface area contributed by atoms with E-state index in [1.807, 2.05) is 36.4 Å². The van der Waals surface area contributed by atoms with Crippen LogP contribution in [0.4, 0.5) is 0 Å². The number of benzene rings is 2. The number of hydrogen-bond acceptors (Lipinski definition) is 5. The lowest BCUT2D eigenvalue weighted by Crippen LogP contribution is -2.39. The summed E-state index contributed by atoms with van der Waals surface area (Å²) in [6.45, 7) is 0.471. The van der Waals surface area contributed by atoms with Gasteiger partial charge in [0.15, 0.2) is 5.82 Å². The molecule has 2 atom stereocenters. The molecular weight excluding hydrogens is 446 g/mol. The minimum atomic E-state index is -3.44. The molecule has 2 fully saturated rings. The Labute approximate surface area is 202 Å². The van der Waals surface area contributed by atoms with E-state index in [1.165, 1.54) is 5.56 Å². The van der Waals surface area contributed by atoms with Crippen LogP contribution in [0.3, 0.4) is 0 Å². The molecule has 1 saturated heterocycles. The van der Waals surface area contributed by atoms with E-state index < -0.39 is 16.1 Å². The molecule has 2 aromatic carbocycles. The Morgan fingerprint density at radius 2 is 1.62 bits per heavy atom. The monoisotopic (exact) mass is 479 g/mol. The predicted molar refractivity (Wildman–Crippen MR) is 132 cm³/mol. The molecule has 0 N–H and O–H groups in total. The van der Waals surface area contributed by atoms with Crippen molar-refractivity contribution in [2.24, 2.45) is 0 Å². The molecular formula is C27H33N3O3S. The predicted octanol–water partition coefficient (Wildman–Crippen LogP) is 5.44. The molecule has 2 heterocycles. The number of hydrogen-bond donors (Lipinski definition) is 0. The molecule has 0 amide bonds. The van der Waals surface area contributed by atoms with Crippen LogP contribution in [0.5, 0.6) is 0 Å². The van der Waals surface area contributed by atoms with Gasteiger partial charge in [0, 0.05) is 13.0 Å². The van der Waals surface area contributed by atoms with Crippen molar-refractivity contribution in [3.05, 3.63) is 83.5 Å². The van der Waals surface area contributed by atoms with E-state index in [0.717, 1.165) is 50.5 Å². The summed E-state index contributed by atoms with van der Waals surface area (Å²) in [5, 5.41) is 3.91. The first-order valence-electron chi connectivity index (χ1n) is 12.5. The molecule has 6 nitrogen and oxygen atoms in total. The van der Waals surface area contributed by atoms with Crippen LogP contribution in [0.25, 0.3) is 0 Å². The van der Waals surface area contributed by atoms with E-state index in [2.05, 4.69) is 34.4 Å². The standard InChI is InChI=1S/C27H33N3O3S/c31-34(32,24-16-8-3-9-17-24)30-20-23(22-14-6-2-7-15-22)19-25(30)27-28-26(29-33-27)18-10-13-21-11-4-1-5-12-21/h1-2,4-7,11-12,14-15,23-25H,3,8-10,13,16-20H2/t23-,25-/m0/s1. The maximum Gasteiger partial charge on any atom is 0.245 e. The molecule has 1 saturated carbocycles.